The number of amides is 1. The van der Waals surface area contributed by atoms with Crippen molar-refractivity contribution in [1.29, 1.82) is 0 Å². The molecule has 1 fully saturated rings. The summed E-state index contributed by atoms with van der Waals surface area (Å²) in [6.07, 6.45) is 0.160. The number of benzene rings is 1. The molecular formula is C18H27NO2S. The SMILES string of the molecule is CC1CN(C(=O)CSCc2ccc(C(C)(C)C)cc2)CCO1. The Morgan fingerprint density at radius 3 is 2.59 bits per heavy atom. The number of nitrogens with zero attached hydrogens (tertiary/aromatic N) is 1. The summed E-state index contributed by atoms with van der Waals surface area (Å²) < 4.78 is 5.47. The standard InChI is InChI=1S/C18H27NO2S/c1-14-11-19(9-10-21-14)17(20)13-22-12-15-5-7-16(8-6-15)18(2,3)4/h5-8,14H,9-13H2,1-4H3. The Kier molecular flexibility index (Phi) is 5.93. The molecule has 1 atom stereocenters. The van der Waals surface area contributed by atoms with Crippen LogP contribution in [-0.4, -0.2) is 42.4 Å². The summed E-state index contributed by atoms with van der Waals surface area (Å²) in [5.41, 5.74) is 2.81. The number of ether oxygens (including phenoxy) is 1. The van der Waals surface area contributed by atoms with Gasteiger partial charge in [0.25, 0.3) is 0 Å². The fraction of sp³-hybridized carbons (Fsp3) is 0.611. The van der Waals surface area contributed by atoms with Crippen LogP contribution in [0.3, 0.4) is 0 Å². The molecule has 4 heteroatoms. The smallest absolute Gasteiger partial charge is 0.232 e. The third-order valence-electron chi connectivity index (χ3n) is 3.91. The van der Waals surface area contributed by atoms with E-state index in [0.717, 1.165) is 18.8 Å². The highest BCUT2D eigenvalue weighted by Gasteiger charge is 2.21. The minimum Gasteiger partial charge on any atom is -0.375 e. The Morgan fingerprint density at radius 1 is 1.32 bits per heavy atom. The zero-order chi connectivity index (χ0) is 16.2. The second-order valence-corrected chi connectivity index (χ2v) is 7.95. The number of carbonyl (C=O) groups excluding carboxylic acids is 1. The second kappa shape index (κ2) is 7.51. The van der Waals surface area contributed by atoms with Crippen LogP contribution >= 0.6 is 11.8 Å². The quantitative estimate of drug-likeness (QED) is 0.850. The third-order valence-corrected chi connectivity index (χ3v) is 4.90. The Balaban J connectivity index is 1.77. The average molecular weight is 321 g/mol. The van der Waals surface area contributed by atoms with E-state index < -0.39 is 0 Å². The molecule has 1 saturated heterocycles. The maximum Gasteiger partial charge on any atom is 0.232 e. The zero-order valence-electron chi connectivity index (χ0n) is 14.1. The Hall–Kier alpha value is -1.00. The first-order valence-corrected chi connectivity index (χ1v) is 9.08. The van der Waals surface area contributed by atoms with Gasteiger partial charge in [0.05, 0.1) is 18.5 Å². The van der Waals surface area contributed by atoms with Crippen LogP contribution in [0.15, 0.2) is 24.3 Å². The summed E-state index contributed by atoms with van der Waals surface area (Å²) in [6, 6.07) is 8.74. The largest absolute Gasteiger partial charge is 0.375 e. The Morgan fingerprint density at radius 2 is 2.00 bits per heavy atom. The maximum atomic E-state index is 12.2. The summed E-state index contributed by atoms with van der Waals surface area (Å²) in [5, 5.41) is 0. The lowest BCUT2D eigenvalue weighted by atomic mass is 9.87. The van der Waals surface area contributed by atoms with E-state index in [1.165, 1.54) is 11.1 Å². The van der Waals surface area contributed by atoms with Crippen molar-refractivity contribution in [3.05, 3.63) is 35.4 Å². The molecule has 0 spiro atoms. The first-order valence-electron chi connectivity index (χ1n) is 7.93. The summed E-state index contributed by atoms with van der Waals surface area (Å²) in [5.74, 6) is 1.66. The molecule has 1 aliphatic rings. The van der Waals surface area contributed by atoms with Gasteiger partial charge in [-0.15, -0.1) is 11.8 Å². The molecule has 1 amide bonds. The molecule has 0 aliphatic carbocycles. The van der Waals surface area contributed by atoms with Crippen LogP contribution in [0.2, 0.25) is 0 Å². The lowest BCUT2D eigenvalue weighted by molar-refractivity contribution is -0.135. The van der Waals surface area contributed by atoms with Crippen LogP contribution in [0.5, 0.6) is 0 Å². The van der Waals surface area contributed by atoms with Gasteiger partial charge in [-0.25, -0.2) is 0 Å². The molecule has 1 unspecified atom stereocenters. The van der Waals surface area contributed by atoms with Crippen molar-refractivity contribution in [1.82, 2.24) is 4.90 Å². The van der Waals surface area contributed by atoms with Crippen molar-refractivity contribution in [2.24, 2.45) is 0 Å². The molecule has 0 radical (unpaired) electrons. The Bertz CT molecular complexity index is 493. The third kappa shape index (κ3) is 5.03. The normalized spacial score (nSPS) is 19.3. The molecule has 2 rings (SSSR count). The molecule has 1 aliphatic heterocycles. The van der Waals surface area contributed by atoms with Gasteiger partial charge in [0, 0.05) is 18.8 Å². The van der Waals surface area contributed by atoms with E-state index in [1.807, 2.05) is 11.8 Å². The predicted molar refractivity (Wildman–Crippen MR) is 93.3 cm³/mol. The van der Waals surface area contributed by atoms with Crippen LogP contribution < -0.4 is 0 Å². The molecule has 0 aromatic heterocycles. The van der Waals surface area contributed by atoms with Gasteiger partial charge in [-0.2, -0.15) is 0 Å². The van der Waals surface area contributed by atoms with E-state index >= 15 is 0 Å². The van der Waals surface area contributed by atoms with E-state index in [-0.39, 0.29) is 17.4 Å². The van der Waals surface area contributed by atoms with Crippen molar-refractivity contribution >= 4 is 17.7 Å². The highest BCUT2D eigenvalue weighted by atomic mass is 32.2. The molecule has 0 saturated carbocycles. The first kappa shape index (κ1) is 17.4. The van der Waals surface area contributed by atoms with Gasteiger partial charge in [0.1, 0.15) is 0 Å². The average Bonchev–Trinajstić information content (AvgIpc) is 2.47. The van der Waals surface area contributed by atoms with Crippen LogP contribution in [0.1, 0.15) is 38.8 Å². The second-order valence-electron chi connectivity index (χ2n) is 6.96. The van der Waals surface area contributed by atoms with Gasteiger partial charge in [0.2, 0.25) is 5.91 Å². The van der Waals surface area contributed by atoms with Crippen molar-refractivity contribution in [3.63, 3.8) is 0 Å². The van der Waals surface area contributed by atoms with Gasteiger partial charge < -0.3 is 9.64 Å². The number of morpholine rings is 1. The Labute approximate surface area is 138 Å². The molecule has 3 nitrogen and oxygen atoms in total. The van der Waals surface area contributed by atoms with Gasteiger partial charge in [-0.3, -0.25) is 4.79 Å². The van der Waals surface area contributed by atoms with E-state index in [0.29, 0.717) is 12.4 Å². The lowest BCUT2D eigenvalue weighted by Crippen LogP contribution is -2.45. The number of thioether (sulfide) groups is 1. The minimum absolute atomic E-state index is 0.160. The number of rotatable bonds is 4. The highest BCUT2D eigenvalue weighted by molar-refractivity contribution is 7.99. The summed E-state index contributed by atoms with van der Waals surface area (Å²) in [4.78, 5) is 14.1. The molecule has 1 aromatic carbocycles. The van der Waals surface area contributed by atoms with Crippen LogP contribution in [-0.2, 0) is 20.7 Å². The van der Waals surface area contributed by atoms with Gasteiger partial charge >= 0.3 is 0 Å². The fourth-order valence-corrected chi connectivity index (χ4v) is 3.38. The molecule has 1 heterocycles. The molecular weight excluding hydrogens is 294 g/mol. The molecule has 22 heavy (non-hydrogen) atoms. The maximum absolute atomic E-state index is 12.2. The van der Waals surface area contributed by atoms with Crippen molar-refractivity contribution < 1.29 is 9.53 Å². The summed E-state index contributed by atoms with van der Waals surface area (Å²) in [7, 11) is 0. The predicted octanol–water partition coefficient (Wildman–Crippen LogP) is 3.46. The number of carbonyl (C=O) groups is 1. The summed E-state index contributed by atoms with van der Waals surface area (Å²) >= 11 is 1.69. The van der Waals surface area contributed by atoms with Gasteiger partial charge in [0.15, 0.2) is 0 Å². The van der Waals surface area contributed by atoms with Crippen LogP contribution in [0.4, 0.5) is 0 Å². The van der Waals surface area contributed by atoms with Crippen molar-refractivity contribution in [2.45, 2.75) is 45.0 Å². The van der Waals surface area contributed by atoms with E-state index in [9.17, 15) is 4.79 Å². The fourth-order valence-electron chi connectivity index (χ4n) is 2.49. The molecule has 0 bridgehead atoms. The van der Waals surface area contributed by atoms with Gasteiger partial charge in [-0.05, 0) is 23.5 Å². The minimum atomic E-state index is 0.160. The van der Waals surface area contributed by atoms with Gasteiger partial charge in [-0.1, -0.05) is 45.0 Å². The monoisotopic (exact) mass is 321 g/mol. The highest BCUT2D eigenvalue weighted by Crippen LogP contribution is 2.23. The van der Waals surface area contributed by atoms with E-state index in [4.69, 9.17) is 4.74 Å². The first-order chi connectivity index (χ1) is 10.4. The number of hydrogen-bond donors (Lipinski definition) is 0. The molecule has 0 N–H and O–H groups in total. The van der Waals surface area contributed by atoms with Crippen LogP contribution in [0, 0.1) is 0 Å². The molecule has 122 valence electrons. The zero-order valence-corrected chi connectivity index (χ0v) is 14.9. The van der Waals surface area contributed by atoms with Crippen molar-refractivity contribution in [3.8, 4) is 0 Å². The van der Waals surface area contributed by atoms with E-state index in [1.54, 1.807) is 11.8 Å². The topological polar surface area (TPSA) is 29.5 Å². The van der Waals surface area contributed by atoms with E-state index in [2.05, 4.69) is 45.0 Å². The van der Waals surface area contributed by atoms with Crippen LogP contribution in [0.25, 0.3) is 0 Å². The summed E-state index contributed by atoms with van der Waals surface area (Å²) in [6.45, 7) is 10.8. The lowest BCUT2D eigenvalue weighted by Gasteiger charge is -2.31. The molecule has 1 aromatic rings. The van der Waals surface area contributed by atoms with Crippen molar-refractivity contribution in [2.75, 3.05) is 25.4 Å². The number of hydrogen-bond acceptors (Lipinski definition) is 3.